The van der Waals surface area contributed by atoms with Crippen molar-refractivity contribution in [3.8, 4) is 12.0 Å². The Morgan fingerprint density at radius 3 is 2.17 bits per heavy atom. The third-order valence-corrected chi connectivity index (χ3v) is 1.18. The second-order valence-corrected chi connectivity index (χ2v) is 2.01. The molecule has 1 rings (SSSR count). The maximum atomic E-state index is 8.12. The number of hydrogen-bond donors (Lipinski definition) is 2. The summed E-state index contributed by atoms with van der Waals surface area (Å²) in [6.07, 6.45) is 1.60. The van der Waals surface area contributed by atoms with Crippen molar-refractivity contribution in [1.82, 2.24) is 0 Å². The Morgan fingerprint density at radius 1 is 1.25 bits per heavy atom. The van der Waals surface area contributed by atoms with Crippen molar-refractivity contribution in [2.45, 2.75) is 6.92 Å². The van der Waals surface area contributed by atoms with Crippen molar-refractivity contribution in [2.24, 2.45) is 11.7 Å². The molecule has 0 radical (unpaired) electrons. The zero-order chi connectivity index (χ0) is 9.40. The van der Waals surface area contributed by atoms with E-state index in [2.05, 4.69) is 16.4 Å². The summed E-state index contributed by atoms with van der Waals surface area (Å²) in [5.41, 5.74) is 1.16. The van der Waals surface area contributed by atoms with Gasteiger partial charge in [-0.15, -0.1) is 5.26 Å². The van der Waals surface area contributed by atoms with E-state index in [1.54, 1.807) is 18.4 Å². The zero-order valence-corrected chi connectivity index (χ0v) is 6.82. The van der Waals surface area contributed by atoms with Gasteiger partial charge in [-0.3, -0.25) is 11.7 Å². The number of nitrogens with zero attached hydrogens (tertiary/aromatic N) is 1. The van der Waals surface area contributed by atoms with E-state index in [9.17, 15) is 0 Å². The lowest BCUT2D eigenvalue weighted by Gasteiger charge is -1.94. The summed E-state index contributed by atoms with van der Waals surface area (Å²) in [6.45, 7) is 1.98. The molecule has 4 N–H and O–H groups in total. The SMILES string of the molecule is Cc1ccc(OC#N)cc1.NN. The molecule has 0 saturated carbocycles. The lowest BCUT2D eigenvalue weighted by atomic mass is 10.2. The van der Waals surface area contributed by atoms with Gasteiger partial charge in [0.2, 0.25) is 0 Å². The van der Waals surface area contributed by atoms with Crippen molar-refractivity contribution < 1.29 is 4.74 Å². The fourth-order valence-corrected chi connectivity index (χ4v) is 0.659. The second-order valence-electron chi connectivity index (χ2n) is 2.01. The molecule has 0 aliphatic heterocycles. The Balaban J connectivity index is 0.000000561. The topological polar surface area (TPSA) is 85.1 Å². The number of aryl methyl sites for hydroxylation is 1. The van der Waals surface area contributed by atoms with Gasteiger partial charge in [0.25, 0.3) is 6.26 Å². The molecule has 1 aromatic rings. The smallest absolute Gasteiger partial charge is 0.292 e. The van der Waals surface area contributed by atoms with E-state index in [-0.39, 0.29) is 0 Å². The van der Waals surface area contributed by atoms with Gasteiger partial charge in [-0.25, -0.2) is 0 Å². The zero-order valence-electron chi connectivity index (χ0n) is 6.82. The molecule has 0 aliphatic rings. The number of rotatable bonds is 1. The Hall–Kier alpha value is -1.57. The van der Waals surface area contributed by atoms with Crippen LogP contribution in [-0.2, 0) is 0 Å². The minimum Gasteiger partial charge on any atom is -0.388 e. The van der Waals surface area contributed by atoms with Gasteiger partial charge >= 0.3 is 0 Å². The predicted molar refractivity (Wildman–Crippen MR) is 45.8 cm³/mol. The first kappa shape index (κ1) is 10.4. The summed E-state index contributed by atoms with van der Waals surface area (Å²) in [5, 5.41) is 8.12. The molecule has 12 heavy (non-hydrogen) atoms. The van der Waals surface area contributed by atoms with Gasteiger partial charge in [0, 0.05) is 0 Å². The first-order chi connectivity index (χ1) is 5.83. The average molecular weight is 165 g/mol. The van der Waals surface area contributed by atoms with Gasteiger partial charge in [0.1, 0.15) is 5.75 Å². The fourth-order valence-electron chi connectivity index (χ4n) is 0.659. The molecule has 0 aliphatic carbocycles. The molecule has 64 valence electrons. The van der Waals surface area contributed by atoms with E-state index >= 15 is 0 Å². The number of hydrogen-bond acceptors (Lipinski definition) is 4. The summed E-state index contributed by atoms with van der Waals surface area (Å²) < 4.78 is 4.57. The molecule has 0 aromatic heterocycles. The number of hydrazine groups is 1. The van der Waals surface area contributed by atoms with Crippen LogP contribution in [0.1, 0.15) is 5.56 Å². The van der Waals surface area contributed by atoms with Crippen LogP contribution in [0, 0.1) is 18.4 Å². The minimum absolute atomic E-state index is 0.591. The largest absolute Gasteiger partial charge is 0.388 e. The normalized spacial score (nSPS) is 7.50. The molecule has 0 atom stereocenters. The monoisotopic (exact) mass is 165 g/mol. The van der Waals surface area contributed by atoms with Crippen LogP contribution in [0.15, 0.2) is 24.3 Å². The molecule has 1 aromatic carbocycles. The van der Waals surface area contributed by atoms with Gasteiger partial charge in [-0.2, -0.15) is 0 Å². The highest BCUT2D eigenvalue weighted by Gasteiger charge is 1.88. The third-order valence-electron chi connectivity index (χ3n) is 1.18. The molecule has 4 heteroatoms. The lowest BCUT2D eigenvalue weighted by Crippen LogP contribution is -2.02. The van der Waals surface area contributed by atoms with Gasteiger partial charge in [-0.1, -0.05) is 17.7 Å². The van der Waals surface area contributed by atoms with Crippen molar-refractivity contribution >= 4 is 0 Å². The van der Waals surface area contributed by atoms with Gasteiger partial charge in [-0.05, 0) is 19.1 Å². The molecular weight excluding hydrogens is 154 g/mol. The van der Waals surface area contributed by atoms with Crippen LogP contribution in [0.4, 0.5) is 0 Å². The number of nitriles is 1. The highest BCUT2D eigenvalue weighted by Crippen LogP contribution is 2.10. The Kier molecular flexibility index (Phi) is 5.35. The first-order valence-electron chi connectivity index (χ1n) is 3.29. The summed E-state index contributed by atoms with van der Waals surface area (Å²) in [6, 6.07) is 7.32. The summed E-state index contributed by atoms with van der Waals surface area (Å²) in [7, 11) is 0. The Labute approximate surface area is 71.3 Å². The molecule has 0 spiro atoms. The standard InChI is InChI=1S/C8H7NO.H4N2/c1-7-2-4-8(5-3-7)10-6-9;1-2/h2-5H,1H3;1-2H2. The van der Waals surface area contributed by atoms with Crippen LogP contribution in [0.25, 0.3) is 0 Å². The first-order valence-corrected chi connectivity index (χ1v) is 3.29. The average Bonchev–Trinajstić information content (AvgIpc) is 2.13. The summed E-state index contributed by atoms with van der Waals surface area (Å²) in [5.74, 6) is 8.59. The van der Waals surface area contributed by atoms with Crippen LogP contribution in [-0.4, -0.2) is 0 Å². The van der Waals surface area contributed by atoms with Crippen molar-refractivity contribution in [3.05, 3.63) is 29.8 Å². The number of ether oxygens (including phenoxy) is 1. The van der Waals surface area contributed by atoms with E-state index < -0.39 is 0 Å². The van der Waals surface area contributed by atoms with Gasteiger partial charge in [0.15, 0.2) is 0 Å². The Bertz CT molecular complexity index is 250. The van der Waals surface area contributed by atoms with Crippen LogP contribution in [0.2, 0.25) is 0 Å². The van der Waals surface area contributed by atoms with E-state index in [1.807, 2.05) is 19.1 Å². The fraction of sp³-hybridized carbons (Fsp3) is 0.125. The third kappa shape index (κ3) is 3.56. The summed E-state index contributed by atoms with van der Waals surface area (Å²) in [4.78, 5) is 0. The number of benzene rings is 1. The highest BCUT2D eigenvalue weighted by atomic mass is 16.5. The molecule has 0 amide bonds. The molecule has 0 fully saturated rings. The maximum Gasteiger partial charge on any atom is 0.292 e. The Morgan fingerprint density at radius 2 is 1.75 bits per heavy atom. The van der Waals surface area contributed by atoms with Crippen LogP contribution >= 0.6 is 0 Å². The molecular formula is C8H11N3O. The van der Waals surface area contributed by atoms with E-state index in [0.717, 1.165) is 5.56 Å². The van der Waals surface area contributed by atoms with Crippen molar-refractivity contribution in [2.75, 3.05) is 0 Å². The molecule has 0 bridgehead atoms. The van der Waals surface area contributed by atoms with E-state index in [1.165, 1.54) is 0 Å². The highest BCUT2D eigenvalue weighted by molar-refractivity contribution is 5.26. The van der Waals surface area contributed by atoms with Crippen molar-refractivity contribution in [1.29, 1.82) is 5.26 Å². The molecule has 0 heterocycles. The van der Waals surface area contributed by atoms with Crippen LogP contribution in [0.3, 0.4) is 0 Å². The van der Waals surface area contributed by atoms with Crippen LogP contribution in [0.5, 0.6) is 5.75 Å². The summed E-state index contributed by atoms with van der Waals surface area (Å²) >= 11 is 0. The molecule has 4 nitrogen and oxygen atoms in total. The lowest BCUT2D eigenvalue weighted by molar-refractivity contribution is 0.507. The molecule has 0 unspecified atom stereocenters. The minimum atomic E-state index is 0.591. The van der Waals surface area contributed by atoms with Crippen molar-refractivity contribution in [3.63, 3.8) is 0 Å². The second kappa shape index (κ2) is 6.16. The molecule has 0 saturated heterocycles. The van der Waals surface area contributed by atoms with Crippen LogP contribution < -0.4 is 16.4 Å². The maximum absolute atomic E-state index is 8.12. The predicted octanol–water partition coefficient (Wildman–Crippen LogP) is 0.674. The van der Waals surface area contributed by atoms with E-state index in [0.29, 0.717) is 5.75 Å². The number of nitrogens with two attached hydrogens (primary N) is 2. The van der Waals surface area contributed by atoms with Gasteiger partial charge in [0.05, 0.1) is 0 Å². The van der Waals surface area contributed by atoms with E-state index in [4.69, 9.17) is 5.26 Å². The quantitative estimate of drug-likeness (QED) is 0.364. The van der Waals surface area contributed by atoms with Gasteiger partial charge < -0.3 is 4.74 Å².